The van der Waals surface area contributed by atoms with Gasteiger partial charge in [-0.15, -0.1) is 0 Å². The number of pyridine rings is 1. The summed E-state index contributed by atoms with van der Waals surface area (Å²) in [5.41, 5.74) is 8.54. The van der Waals surface area contributed by atoms with E-state index in [9.17, 15) is 0 Å². The van der Waals surface area contributed by atoms with Crippen LogP contribution in [0.3, 0.4) is 0 Å². The summed E-state index contributed by atoms with van der Waals surface area (Å²) >= 11 is 0. The van der Waals surface area contributed by atoms with Crippen molar-refractivity contribution in [2.24, 2.45) is 5.73 Å². The zero-order valence-corrected chi connectivity index (χ0v) is 10.0. The molecule has 3 heteroatoms. The molecule has 0 amide bonds. The molecule has 0 spiro atoms. The van der Waals surface area contributed by atoms with E-state index < -0.39 is 0 Å². The minimum atomic E-state index is 0.356. The standard InChI is InChI=1S/C13H21N3/c1-11-5-6-15-10-12(11)13(9-14)16-7-3-2-4-8-16/h5-6,10,13H,2-4,7-9,14H2,1H3. The Morgan fingerprint density at radius 1 is 1.38 bits per heavy atom. The van der Waals surface area contributed by atoms with Crippen LogP contribution in [0.25, 0.3) is 0 Å². The van der Waals surface area contributed by atoms with Gasteiger partial charge in [0.2, 0.25) is 0 Å². The Morgan fingerprint density at radius 3 is 2.75 bits per heavy atom. The number of rotatable bonds is 3. The average Bonchev–Trinajstić information content (AvgIpc) is 2.34. The first kappa shape index (κ1) is 11.6. The van der Waals surface area contributed by atoms with Crippen LogP contribution in [0.1, 0.15) is 36.4 Å². The first-order valence-corrected chi connectivity index (χ1v) is 6.17. The lowest BCUT2D eigenvalue weighted by atomic mass is 10.00. The highest BCUT2D eigenvalue weighted by Gasteiger charge is 2.22. The molecular weight excluding hydrogens is 198 g/mol. The molecule has 88 valence electrons. The molecule has 3 nitrogen and oxygen atoms in total. The fourth-order valence-corrected chi connectivity index (χ4v) is 2.53. The highest BCUT2D eigenvalue weighted by atomic mass is 15.2. The predicted octanol–water partition coefficient (Wildman–Crippen LogP) is 1.88. The Kier molecular flexibility index (Phi) is 3.91. The van der Waals surface area contributed by atoms with Gasteiger partial charge in [0.15, 0.2) is 0 Å². The van der Waals surface area contributed by atoms with Crippen molar-refractivity contribution in [2.45, 2.75) is 32.2 Å². The number of hydrogen-bond donors (Lipinski definition) is 1. The van der Waals surface area contributed by atoms with E-state index in [0.717, 1.165) is 0 Å². The van der Waals surface area contributed by atoms with E-state index >= 15 is 0 Å². The Morgan fingerprint density at radius 2 is 2.12 bits per heavy atom. The summed E-state index contributed by atoms with van der Waals surface area (Å²) < 4.78 is 0. The van der Waals surface area contributed by atoms with Crippen LogP contribution in [0.5, 0.6) is 0 Å². The van der Waals surface area contributed by atoms with Gasteiger partial charge in [-0.1, -0.05) is 6.42 Å². The summed E-state index contributed by atoms with van der Waals surface area (Å²) in [5, 5.41) is 0. The van der Waals surface area contributed by atoms with Gasteiger partial charge in [0.05, 0.1) is 0 Å². The van der Waals surface area contributed by atoms with Crippen LogP contribution in [0.2, 0.25) is 0 Å². The van der Waals surface area contributed by atoms with Crippen molar-refractivity contribution in [1.29, 1.82) is 0 Å². The Balaban J connectivity index is 2.18. The van der Waals surface area contributed by atoms with Gasteiger partial charge < -0.3 is 5.73 Å². The molecule has 2 rings (SSSR count). The molecule has 16 heavy (non-hydrogen) atoms. The van der Waals surface area contributed by atoms with Gasteiger partial charge in [-0.05, 0) is 50.0 Å². The van der Waals surface area contributed by atoms with Crippen molar-refractivity contribution in [3.05, 3.63) is 29.6 Å². The van der Waals surface area contributed by atoms with Gasteiger partial charge in [0.25, 0.3) is 0 Å². The van der Waals surface area contributed by atoms with Crippen LogP contribution in [-0.4, -0.2) is 29.5 Å². The summed E-state index contributed by atoms with van der Waals surface area (Å²) in [6, 6.07) is 2.43. The summed E-state index contributed by atoms with van der Waals surface area (Å²) in [6.07, 6.45) is 7.79. The second kappa shape index (κ2) is 5.41. The van der Waals surface area contributed by atoms with Gasteiger partial charge in [-0.3, -0.25) is 9.88 Å². The van der Waals surface area contributed by atoms with Crippen molar-refractivity contribution in [2.75, 3.05) is 19.6 Å². The van der Waals surface area contributed by atoms with Crippen molar-refractivity contribution in [3.8, 4) is 0 Å². The first-order chi connectivity index (χ1) is 7.83. The van der Waals surface area contributed by atoms with E-state index in [1.54, 1.807) is 0 Å². The lowest BCUT2D eigenvalue weighted by molar-refractivity contribution is 0.167. The Hall–Kier alpha value is -0.930. The summed E-state index contributed by atoms with van der Waals surface area (Å²) in [6.45, 7) is 5.18. The molecule has 1 fully saturated rings. The molecular formula is C13H21N3. The molecule has 0 radical (unpaired) electrons. The molecule has 1 unspecified atom stereocenters. The molecule has 1 aromatic rings. The lowest BCUT2D eigenvalue weighted by Gasteiger charge is -2.34. The number of aromatic nitrogens is 1. The van der Waals surface area contributed by atoms with Crippen LogP contribution in [0.15, 0.2) is 18.5 Å². The Bertz CT molecular complexity index is 332. The first-order valence-electron chi connectivity index (χ1n) is 6.17. The van der Waals surface area contributed by atoms with E-state index in [1.807, 2.05) is 12.4 Å². The van der Waals surface area contributed by atoms with Crippen LogP contribution in [-0.2, 0) is 0 Å². The predicted molar refractivity (Wildman–Crippen MR) is 66.2 cm³/mol. The van der Waals surface area contributed by atoms with Gasteiger partial charge in [-0.2, -0.15) is 0 Å². The molecule has 0 aromatic carbocycles. The number of aryl methyl sites for hydroxylation is 1. The fourth-order valence-electron chi connectivity index (χ4n) is 2.53. The number of nitrogens with zero attached hydrogens (tertiary/aromatic N) is 2. The maximum atomic E-state index is 5.94. The molecule has 2 N–H and O–H groups in total. The van der Waals surface area contributed by atoms with E-state index in [0.29, 0.717) is 12.6 Å². The molecule has 0 aliphatic carbocycles. The third-order valence-electron chi connectivity index (χ3n) is 3.49. The third kappa shape index (κ3) is 2.42. The van der Waals surface area contributed by atoms with Crippen molar-refractivity contribution >= 4 is 0 Å². The van der Waals surface area contributed by atoms with Gasteiger partial charge in [-0.25, -0.2) is 0 Å². The van der Waals surface area contributed by atoms with E-state index in [1.165, 1.54) is 43.5 Å². The topological polar surface area (TPSA) is 42.1 Å². The number of nitrogens with two attached hydrogens (primary N) is 1. The zero-order valence-electron chi connectivity index (χ0n) is 10.0. The van der Waals surface area contributed by atoms with Gasteiger partial charge in [0, 0.05) is 25.0 Å². The molecule has 1 atom stereocenters. The van der Waals surface area contributed by atoms with E-state index in [4.69, 9.17) is 5.73 Å². The van der Waals surface area contributed by atoms with Crippen LogP contribution in [0.4, 0.5) is 0 Å². The second-order valence-corrected chi connectivity index (χ2v) is 4.58. The highest BCUT2D eigenvalue weighted by molar-refractivity contribution is 5.25. The van der Waals surface area contributed by atoms with Crippen LogP contribution in [0, 0.1) is 6.92 Å². The molecule has 2 heterocycles. The van der Waals surface area contributed by atoms with Crippen molar-refractivity contribution in [3.63, 3.8) is 0 Å². The highest BCUT2D eigenvalue weighted by Crippen LogP contribution is 2.25. The average molecular weight is 219 g/mol. The Labute approximate surface area is 97.7 Å². The number of hydrogen-bond acceptors (Lipinski definition) is 3. The minimum Gasteiger partial charge on any atom is -0.329 e. The molecule has 1 aliphatic rings. The second-order valence-electron chi connectivity index (χ2n) is 4.58. The van der Waals surface area contributed by atoms with E-state index in [2.05, 4.69) is 22.9 Å². The maximum absolute atomic E-state index is 5.94. The zero-order chi connectivity index (χ0) is 11.4. The smallest absolute Gasteiger partial charge is 0.0488 e. The summed E-state index contributed by atoms with van der Waals surface area (Å²) in [4.78, 5) is 6.73. The van der Waals surface area contributed by atoms with Crippen molar-refractivity contribution < 1.29 is 0 Å². The van der Waals surface area contributed by atoms with Crippen LogP contribution >= 0.6 is 0 Å². The van der Waals surface area contributed by atoms with Crippen LogP contribution < -0.4 is 5.73 Å². The van der Waals surface area contributed by atoms with E-state index in [-0.39, 0.29) is 0 Å². The number of piperidine rings is 1. The monoisotopic (exact) mass is 219 g/mol. The normalized spacial score (nSPS) is 19.6. The summed E-state index contributed by atoms with van der Waals surface area (Å²) in [7, 11) is 0. The largest absolute Gasteiger partial charge is 0.329 e. The molecule has 1 saturated heterocycles. The lowest BCUT2D eigenvalue weighted by Crippen LogP contribution is -2.37. The molecule has 1 aromatic heterocycles. The third-order valence-corrected chi connectivity index (χ3v) is 3.49. The quantitative estimate of drug-likeness (QED) is 0.844. The van der Waals surface area contributed by atoms with Crippen molar-refractivity contribution in [1.82, 2.24) is 9.88 Å². The molecule has 0 bridgehead atoms. The molecule has 0 saturated carbocycles. The van der Waals surface area contributed by atoms with Gasteiger partial charge >= 0.3 is 0 Å². The fraction of sp³-hybridized carbons (Fsp3) is 0.615. The minimum absolute atomic E-state index is 0.356. The SMILES string of the molecule is Cc1ccncc1C(CN)N1CCCCC1. The van der Waals surface area contributed by atoms with Gasteiger partial charge in [0.1, 0.15) is 0 Å². The summed E-state index contributed by atoms with van der Waals surface area (Å²) in [5.74, 6) is 0. The maximum Gasteiger partial charge on any atom is 0.0488 e. The number of likely N-dealkylation sites (tertiary alicyclic amines) is 1. The molecule has 1 aliphatic heterocycles.